The third kappa shape index (κ3) is 7.76. The molecule has 92 valence electrons. The summed E-state index contributed by atoms with van der Waals surface area (Å²) in [7, 11) is -3.18. The first-order valence-electron chi connectivity index (χ1n) is 5.27. The van der Waals surface area contributed by atoms with Gasteiger partial charge in [0.1, 0.15) is 0 Å². The van der Waals surface area contributed by atoms with Gasteiger partial charge in [-0.05, 0) is 12.3 Å². The minimum Gasteiger partial charge on any atom is -0.396 e. The fourth-order valence-electron chi connectivity index (χ4n) is 0.824. The minimum absolute atomic E-state index is 0.0281. The molecule has 4 nitrogen and oxygen atoms in total. The molecule has 0 aromatic heterocycles. The first-order valence-corrected chi connectivity index (χ1v) is 6.92. The fraction of sp³-hybridized carbons (Fsp3) is 1.00. The fourth-order valence-corrected chi connectivity index (χ4v) is 2.36. The monoisotopic (exact) mass is 237 g/mol. The van der Waals surface area contributed by atoms with Gasteiger partial charge in [0, 0.05) is 18.6 Å². The van der Waals surface area contributed by atoms with Crippen LogP contribution in [0.15, 0.2) is 0 Å². The molecule has 0 atom stereocenters. The number of aliphatic hydroxyl groups excluding tert-OH is 1. The lowest BCUT2D eigenvalue weighted by atomic mass is 9.96. The maximum absolute atomic E-state index is 11.5. The average molecular weight is 237 g/mol. The van der Waals surface area contributed by atoms with Gasteiger partial charge < -0.3 is 5.11 Å². The van der Waals surface area contributed by atoms with E-state index in [-0.39, 0.29) is 18.9 Å². The molecule has 0 fully saturated rings. The van der Waals surface area contributed by atoms with Crippen LogP contribution in [0.1, 0.15) is 34.1 Å². The van der Waals surface area contributed by atoms with Gasteiger partial charge in [0.2, 0.25) is 10.0 Å². The summed E-state index contributed by atoms with van der Waals surface area (Å²) in [6.07, 6.45) is 0.662. The molecular formula is C10H23NO3S. The van der Waals surface area contributed by atoms with Crippen molar-refractivity contribution in [1.29, 1.82) is 0 Å². The van der Waals surface area contributed by atoms with E-state index in [0.29, 0.717) is 12.3 Å². The lowest BCUT2D eigenvalue weighted by molar-refractivity contribution is 0.163. The van der Waals surface area contributed by atoms with Crippen LogP contribution in [0.4, 0.5) is 0 Å². The highest BCUT2D eigenvalue weighted by Gasteiger charge is 2.20. The second kappa shape index (κ2) is 5.82. The van der Waals surface area contributed by atoms with Crippen LogP contribution in [0.5, 0.6) is 0 Å². The van der Waals surface area contributed by atoms with E-state index < -0.39 is 15.4 Å². The van der Waals surface area contributed by atoms with Gasteiger partial charge >= 0.3 is 0 Å². The third-order valence-corrected chi connectivity index (χ3v) is 3.52. The first kappa shape index (κ1) is 14.9. The van der Waals surface area contributed by atoms with Gasteiger partial charge in [0.15, 0.2) is 0 Å². The van der Waals surface area contributed by atoms with Crippen LogP contribution in [-0.2, 0) is 10.0 Å². The van der Waals surface area contributed by atoms with Gasteiger partial charge in [-0.25, -0.2) is 13.1 Å². The van der Waals surface area contributed by atoms with Crippen LogP contribution in [0, 0.1) is 11.3 Å². The maximum Gasteiger partial charge on any atom is 0.211 e. The number of nitrogens with one attached hydrogen (secondary N) is 1. The Kier molecular flexibility index (Phi) is 5.77. The molecule has 0 spiro atoms. The van der Waals surface area contributed by atoms with E-state index in [4.69, 9.17) is 5.11 Å². The summed E-state index contributed by atoms with van der Waals surface area (Å²) in [6, 6.07) is 0. The van der Waals surface area contributed by atoms with Crippen LogP contribution in [0.3, 0.4) is 0 Å². The first-order chi connectivity index (χ1) is 6.68. The van der Waals surface area contributed by atoms with Crippen molar-refractivity contribution in [3.8, 4) is 0 Å². The maximum atomic E-state index is 11.5. The van der Waals surface area contributed by atoms with Crippen LogP contribution in [0.2, 0.25) is 0 Å². The number of rotatable bonds is 7. The summed E-state index contributed by atoms with van der Waals surface area (Å²) >= 11 is 0. The van der Waals surface area contributed by atoms with Crippen molar-refractivity contribution in [1.82, 2.24) is 4.72 Å². The number of sulfonamides is 1. The SMILES string of the molecule is CC(C)CCS(=O)(=O)NCC(C)(C)CO. The van der Waals surface area contributed by atoms with E-state index >= 15 is 0 Å². The topological polar surface area (TPSA) is 66.4 Å². The van der Waals surface area contributed by atoms with Crippen molar-refractivity contribution >= 4 is 10.0 Å². The summed E-state index contributed by atoms with van der Waals surface area (Å²) in [4.78, 5) is 0. The largest absolute Gasteiger partial charge is 0.396 e. The standard InChI is InChI=1S/C10H23NO3S/c1-9(2)5-6-15(13,14)11-7-10(3,4)8-12/h9,11-12H,5-8H2,1-4H3. The molecule has 0 aliphatic rings. The Bertz CT molecular complexity index is 270. The summed E-state index contributed by atoms with van der Waals surface area (Å²) in [5.41, 5.74) is -0.398. The molecule has 0 saturated heterocycles. The highest BCUT2D eigenvalue weighted by atomic mass is 32.2. The number of hydrogen-bond donors (Lipinski definition) is 2. The Morgan fingerprint density at radius 1 is 1.33 bits per heavy atom. The van der Waals surface area contributed by atoms with Gasteiger partial charge in [-0.2, -0.15) is 0 Å². The number of aliphatic hydroxyl groups is 1. The van der Waals surface area contributed by atoms with Crippen LogP contribution in [-0.4, -0.2) is 32.4 Å². The molecule has 0 rings (SSSR count). The van der Waals surface area contributed by atoms with Crippen molar-refractivity contribution in [2.24, 2.45) is 11.3 Å². The second-order valence-electron chi connectivity index (χ2n) is 5.14. The van der Waals surface area contributed by atoms with Crippen molar-refractivity contribution in [2.45, 2.75) is 34.1 Å². The summed E-state index contributed by atoms with van der Waals surface area (Å²) in [5.74, 6) is 0.541. The highest BCUT2D eigenvalue weighted by Crippen LogP contribution is 2.12. The van der Waals surface area contributed by atoms with Gasteiger partial charge in [0.25, 0.3) is 0 Å². The van der Waals surface area contributed by atoms with Gasteiger partial charge in [-0.1, -0.05) is 27.7 Å². The zero-order valence-electron chi connectivity index (χ0n) is 10.1. The van der Waals surface area contributed by atoms with E-state index in [0.717, 1.165) is 0 Å². The zero-order valence-corrected chi connectivity index (χ0v) is 10.9. The van der Waals surface area contributed by atoms with Crippen molar-refractivity contribution in [3.05, 3.63) is 0 Å². The normalized spacial score (nSPS) is 13.5. The van der Waals surface area contributed by atoms with E-state index in [9.17, 15) is 8.42 Å². The molecule has 0 heterocycles. The predicted molar refractivity (Wildman–Crippen MR) is 62.1 cm³/mol. The molecule has 5 heteroatoms. The van der Waals surface area contributed by atoms with Gasteiger partial charge in [-0.15, -0.1) is 0 Å². The van der Waals surface area contributed by atoms with Crippen molar-refractivity contribution in [3.63, 3.8) is 0 Å². The highest BCUT2D eigenvalue weighted by molar-refractivity contribution is 7.89. The van der Waals surface area contributed by atoms with E-state index in [1.165, 1.54) is 0 Å². The molecule has 0 radical (unpaired) electrons. The van der Waals surface area contributed by atoms with E-state index in [1.54, 1.807) is 0 Å². The van der Waals surface area contributed by atoms with Crippen molar-refractivity contribution < 1.29 is 13.5 Å². The van der Waals surface area contributed by atoms with E-state index in [1.807, 2.05) is 27.7 Å². The zero-order chi connectivity index (χ0) is 12.1. The lowest BCUT2D eigenvalue weighted by Crippen LogP contribution is -2.37. The second-order valence-corrected chi connectivity index (χ2v) is 7.07. The molecule has 0 aromatic carbocycles. The third-order valence-electron chi connectivity index (χ3n) is 2.16. The summed E-state index contributed by atoms with van der Waals surface area (Å²) < 4.78 is 25.5. The van der Waals surface area contributed by atoms with Crippen molar-refractivity contribution in [2.75, 3.05) is 18.9 Å². The predicted octanol–water partition coefficient (Wildman–Crippen LogP) is 0.970. The van der Waals surface area contributed by atoms with Crippen LogP contribution >= 0.6 is 0 Å². The molecule has 0 amide bonds. The Morgan fingerprint density at radius 3 is 2.27 bits per heavy atom. The summed E-state index contributed by atoms with van der Waals surface area (Å²) in [6.45, 7) is 7.87. The Labute approximate surface area is 93.1 Å². The molecule has 2 N–H and O–H groups in total. The molecule has 15 heavy (non-hydrogen) atoms. The van der Waals surface area contributed by atoms with Crippen LogP contribution < -0.4 is 4.72 Å². The average Bonchev–Trinajstić information content (AvgIpc) is 2.13. The molecule has 0 aliphatic heterocycles. The lowest BCUT2D eigenvalue weighted by Gasteiger charge is -2.21. The quantitative estimate of drug-likeness (QED) is 0.693. The molecule has 0 bridgehead atoms. The molecule has 0 saturated carbocycles. The van der Waals surface area contributed by atoms with Gasteiger partial charge in [-0.3, -0.25) is 0 Å². The molecule has 0 aliphatic carbocycles. The minimum atomic E-state index is -3.18. The Balaban J connectivity index is 4.05. The Morgan fingerprint density at radius 2 is 1.87 bits per heavy atom. The Hall–Kier alpha value is -0.130. The van der Waals surface area contributed by atoms with E-state index in [2.05, 4.69) is 4.72 Å². The van der Waals surface area contributed by atoms with Gasteiger partial charge in [0.05, 0.1) is 5.75 Å². The number of hydrogen-bond acceptors (Lipinski definition) is 3. The smallest absolute Gasteiger partial charge is 0.211 e. The summed E-state index contributed by atoms with van der Waals surface area (Å²) in [5, 5.41) is 8.97. The molecule has 0 unspecified atom stereocenters. The molecule has 0 aromatic rings. The molecular weight excluding hydrogens is 214 g/mol. The van der Waals surface area contributed by atoms with Crippen LogP contribution in [0.25, 0.3) is 0 Å².